The summed E-state index contributed by atoms with van der Waals surface area (Å²) in [6.45, 7) is 1.79. The topological polar surface area (TPSA) is 21.3 Å². The third kappa shape index (κ3) is 3.83. The fourth-order valence-electron chi connectivity index (χ4n) is 2.34. The Kier molecular flexibility index (Phi) is 5.37. The van der Waals surface area contributed by atoms with E-state index in [9.17, 15) is 4.39 Å². The highest BCUT2D eigenvalue weighted by Gasteiger charge is 2.12. The SMILES string of the molecule is CNC(Cc1ccc(OC)c(Br)c1)c1ccc(F)c(C)c1. The fourth-order valence-corrected chi connectivity index (χ4v) is 2.93. The number of likely N-dealkylation sites (N-methyl/N-ethyl adjacent to an activating group) is 1. The minimum atomic E-state index is -0.166. The lowest BCUT2D eigenvalue weighted by atomic mass is 9.97. The van der Waals surface area contributed by atoms with Crippen molar-refractivity contribution in [1.29, 1.82) is 0 Å². The molecule has 0 saturated heterocycles. The first-order valence-electron chi connectivity index (χ1n) is 6.81. The van der Waals surface area contributed by atoms with Gasteiger partial charge in [0.25, 0.3) is 0 Å². The van der Waals surface area contributed by atoms with Gasteiger partial charge in [-0.2, -0.15) is 0 Å². The molecule has 0 aliphatic rings. The third-order valence-electron chi connectivity index (χ3n) is 3.59. The molecule has 1 atom stereocenters. The van der Waals surface area contributed by atoms with E-state index in [1.54, 1.807) is 14.0 Å². The molecule has 0 aliphatic heterocycles. The molecule has 4 heteroatoms. The van der Waals surface area contributed by atoms with Crippen LogP contribution in [0.5, 0.6) is 5.75 Å². The van der Waals surface area contributed by atoms with Crippen LogP contribution < -0.4 is 10.1 Å². The van der Waals surface area contributed by atoms with Gasteiger partial charge >= 0.3 is 0 Å². The molecule has 2 aromatic carbocycles. The van der Waals surface area contributed by atoms with Gasteiger partial charge in [0.1, 0.15) is 11.6 Å². The Labute approximate surface area is 133 Å². The van der Waals surface area contributed by atoms with Gasteiger partial charge in [-0.1, -0.05) is 18.2 Å². The summed E-state index contributed by atoms with van der Waals surface area (Å²) < 4.78 is 19.6. The number of hydrogen-bond donors (Lipinski definition) is 1. The molecule has 2 aromatic rings. The van der Waals surface area contributed by atoms with Gasteiger partial charge in [0.2, 0.25) is 0 Å². The number of hydrogen-bond acceptors (Lipinski definition) is 2. The number of nitrogens with one attached hydrogen (secondary N) is 1. The number of benzene rings is 2. The van der Waals surface area contributed by atoms with Gasteiger partial charge in [-0.25, -0.2) is 4.39 Å². The quantitative estimate of drug-likeness (QED) is 0.861. The monoisotopic (exact) mass is 351 g/mol. The van der Waals surface area contributed by atoms with E-state index in [0.29, 0.717) is 5.56 Å². The van der Waals surface area contributed by atoms with Crippen molar-refractivity contribution >= 4 is 15.9 Å². The summed E-state index contributed by atoms with van der Waals surface area (Å²) in [6.07, 6.45) is 0.824. The maximum atomic E-state index is 13.4. The average molecular weight is 352 g/mol. The largest absolute Gasteiger partial charge is 0.496 e. The minimum Gasteiger partial charge on any atom is -0.496 e. The molecule has 0 fully saturated rings. The van der Waals surface area contributed by atoms with Crippen molar-refractivity contribution in [2.45, 2.75) is 19.4 Å². The van der Waals surface area contributed by atoms with Crippen LogP contribution in [0.1, 0.15) is 22.7 Å². The highest BCUT2D eigenvalue weighted by atomic mass is 79.9. The second-order valence-electron chi connectivity index (χ2n) is 5.02. The smallest absolute Gasteiger partial charge is 0.133 e. The number of methoxy groups -OCH3 is 1. The molecule has 0 spiro atoms. The van der Waals surface area contributed by atoms with E-state index in [2.05, 4.69) is 27.3 Å². The molecular formula is C17H19BrFNO. The Morgan fingerprint density at radius 2 is 2.00 bits per heavy atom. The first kappa shape index (κ1) is 16.0. The molecule has 1 N–H and O–H groups in total. The van der Waals surface area contributed by atoms with Gasteiger partial charge in [0.15, 0.2) is 0 Å². The van der Waals surface area contributed by atoms with Crippen molar-refractivity contribution in [3.8, 4) is 5.75 Å². The van der Waals surface area contributed by atoms with E-state index >= 15 is 0 Å². The highest BCUT2D eigenvalue weighted by Crippen LogP contribution is 2.28. The van der Waals surface area contributed by atoms with E-state index in [1.807, 2.05) is 31.3 Å². The van der Waals surface area contributed by atoms with Gasteiger partial charge in [-0.05, 0) is 71.2 Å². The van der Waals surface area contributed by atoms with E-state index in [1.165, 1.54) is 11.6 Å². The molecule has 0 saturated carbocycles. The zero-order valence-electron chi connectivity index (χ0n) is 12.4. The standard InChI is InChI=1S/C17H19BrFNO/c1-11-8-13(5-6-15(11)19)16(20-2)10-12-4-7-17(21-3)14(18)9-12/h4-9,16,20H,10H2,1-3H3. The zero-order valence-corrected chi connectivity index (χ0v) is 14.0. The van der Waals surface area contributed by atoms with Crippen LogP contribution in [0.25, 0.3) is 0 Å². The van der Waals surface area contributed by atoms with Gasteiger partial charge in [-0.3, -0.25) is 0 Å². The molecular weight excluding hydrogens is 333 g/mol. The molecule has 0 radical (unpaired) electrons. The Balaban J connectivity index is 2.22. The summed E-state index contributed by atoms with van der Waals surface area (Å²) >= 11 is 3.50. The van der Waals surface area contributed by atoms with Crippen molar-refractivity contribution in [2.24, 2.45) is 0 Å². The van der Waals surface area contributed by atoms with Crippen LogP contribution >= 0.6 is 15.9 Å². The Bertz CT molecular complexity index is 630. The average Bonchev–Trinajstić information content (AvgIpc) is 2.48. The fraction of sp³-hybridized carbons (Fsp3) is 0.294. The van der Waals surface area contributed by atoms with E-state index in [-0.39, 0.29) is 11.9 Å². The number of rotatable bonds is 5. The zero-order chi connectivity index (χ0) is 15.4. The van der Waals surface area contributed by atoms with Crippen LogP contribution in [0.4, 0.5) is 4.39 Å². The van der Waals surface area contributed by atoms with Crippen molar-refractivity contribution in [3.63, 3.8) is 0 Å². The van der Waals surface area contributed by atoms with Crippen LogP contribution in [-0.2, 0) is 6.42 Å². The van der Waals surface area contributed by atoms with E-state index < -0.39 is 0 Å². The lowest BCUT2D eigenvalue weighted by Crippen LogP contribution is -2.19. The van der Waals surface area contributed by atoms with Crippen LogP contribution in [-0.4, -0.2) is 14.2 Å². The lowest BCUT2D eigenvalue weighted by molar-refractivity contribution is 0.412. The second kappa shape index (κ2) is 7.05. The molecule has 0 heterocycles. The third-order valence-corrected chi connectivity index (χ3v) is 4.21. The van der Waals surface area contributed by atoms with E-state index in [0.717, 1.165) is 22.2 Å². The first-order valence-corrected chi connectivity index (χ1v) is 7.60. The molecule has 0 aromatic heterocycles. The molecule has 21 heavy (non-hydrogen) atoms. The summed E-state index contributed by atoms with van der Waals surface area (Å²) in [4.78, 5) is 0. The normalized spacial score (nSPS) is 12.2. The molecule has 2 nitrogen and oxygen atoms in total. The predicted molar refractivity (Wildman–Crippen MR) is 87.3 cm³/mol. The maximum Gasteiger partial charge on any atom is 0.133 e. The van der Waals surface area contributed by atoms with E-state index in [4.69, 9.17) is 4.74 Å². The van der Waals surface area contributed by atoms with Gasteiger partial charge in [0, 0.05) is 6.04 Å². The number of aryl methyl sites for hydroxylation is 1. The van der Waals surface area contributed by atoms with Gasteiger partial charge in [-0.15, -0.1) is 0 Å². The molecule has 0 amide bonds. The van der Waals surface area contributed by atoms with Crippen LogP contribution in [0.3, 0.4) is 0 Å². The molecule has 2 rings (SSSR count). The first-order chi connectivity index (χ1) is 10.0. The van der Waals surface area contributed by atoms with Crippen molar-refractivity contribution < 1.29 is 9.13 Å². The number of halogens is 2. The summed E-state index contributed by atoms with van der Waals surface area (Å²) in [6, 6.07) is 11.5. The minimum absolute atomic E-state index is 0.143. The van der Waals surface area contributed by atoms with Crippen LogP contribution in [0.2, 0.25) is 0 Å². The van der Waals surface area contributed by atoms with Crippen LogP contribution in [0.15, 0.2) is 40.9 Å². The van der Waals surface area contributed by atoms with Crippen molar-refractivity contribution in [3.05, 3.63) is 63.4 Å². The Morgan fingerprint density at radius 1 is 1.24 bits per heavy atom. The predicted octanol–water partition coefficient (Wildman–Crippen LogP) is 4.41. The number of ether oxygens (including phenoxy) is 1. The van der Waals surface area contributed by atoms with Crippen molar-refractivity contribution in [1.82, 2.24) is 5.32 Å². The molecule has 0 bridgehead atoms. The molecule has 112 valence electrons. The van der Waals surface area contributed by atoms with Crippen molar-refractivity contribution in [2.75, 3.05) is 14.2 Å². The summed E-state index contributed by atoms with van der Waals surface area (Å²) in [7, 11) is 3.57. The Morgan fingerprint density at radius 3 is 2.57 bits per heavy atom. The van der Waals surface area contributed by atoms with Gasteiger partial charge in [0.05, 0.1) is 11.6 Å². The van der Waals surface area contributed by atoms with Gasteiger partial charge < -0.3 is 10.1 Å². The molecule has 1 unspecified atom stereocenters. The summed E-state index contributed by atoms with van der Waals surface area (Å²) in [5, 5.41) is 3.29. The summed E-state index contributed by atoms with van der Waals surface area (Å²) in [5.41, 5.74) is 2.94. The Hall–Kier alpha value is -1.39. The van der Waals surface area contributed by atoms with Crippen LogP contribution in [0, 0.1) is 12.7 Å². The maximum absolute atomic E-state index is 13.4. The second-order valence-corrected chi connectivity index (χ2v) is 5.88. The highest BCUT2D eigenvalue weighted by molar-refractivity contribution is 9.10. The summed E-state index contributed by atoms with van der Waals surface area (Å²) in [5.74, 6) is 0.651. The molecule has 0 aliphatic carbocycles. The lowest BCUT2D eigenvalue weighted by Gasteiger charge is -2.18.